The molecule has 3 aromatic rings. The van der Waals surface area contributed by atoms with Crippen molar-refractivity contribution in [1.29, 1.82) is 0 Å². The van der Waals surface area contributed by atoms with Crippen LogP contribution >= 0.6 is 0 Å². The van der Waals surface area contributed by atoms with Gasteiger partial charge < -0.3 is 14.4 Å². The van der Waals surface area contributed by atoms with Crippen LogP contribution < -0.4 is 0 Å². The molecule has 1 aromatic heterocycles. The van der Waals surface area contributed by atoms with Crippen LogP contribution in [0.4, 0.5) is 13.2 Å². The molecular weight excluding hydrogens is 561 g/mol. The van der Waals surface area contributed by atoms with Gasteiger partial charge in [0.1, 0.15) is 0 Å². The minimum absolute atomic E-state index is 0.0524. The molecule has 4 heterocycles. The van der Waals surface area contributed by atoms with E-state index in [1.54, 1.807) is 17.0 Å². The van der Waals surface area contributed by atoms with E-state index in [0.29, 0.717) is 45.0 Å². The SMILES string of the molecule is O=C(c1nn(-c2ccc(CN3CCOCC3)cc2)c2c1CS(=O)(=O)c1c-2cccc1C(F)(F)F)N1CCO[C@H]2C[C@H]21. The van der Waals surface area contributed by atoms with Gasteiger partial charge in [0.15, 0.2) is 15.5 Å². The summed E-state index contributed by atoms with van der Waals surface area (Å²) in [5.74, 6) is -1.19. The van der Waals surface area contributed by atoms with E-state index in [4.69, 9.17) is 9.47 Å². The highest BCUT2D eigenvalue weighted by Crippen LogP contribution is 2.46. The molecule has 0 unspecified atom stereocenters. The van der Waals surface area contributed by atoms with Crippen LogP contribution in [-0.2, 0) is 37.8 Å². The fourth-order valence-corrected chi connectivity index (χ4v) is 7.87. The Morgan fingerprint density at radius 1 is 1.02 bits per heavy atom. The third kappa shape index (κ3) is 4.64. The lowest BCUT2D eigenvalue weighted by Crippen LogP contribution is -2.41. The first-order valence-electron chi connectivity index (χ1n) is 13.5. The number of benzene rings is 2. The third-order valence-electron chi connectivity index (χ3n) is 8.12. The molecule has 0 spiro atoms. The molecule has 3 aliphatic heterocycles. The van der Waals surface area contributed by atoms with E-state index in [2.05, 4.69) is 10.00 Å². The van der Waals surface area contributed by atoms with Crippen molar-refractivity contribution in [2.24, 2.45) is 0 Å². The molecule has 1 aliphatic carbocycles. The van der Waals surface area contributed by atoms with Crippen molar-refractivity contribution in [1.82, 2.24) is 19.6 Å². The molecule has 41 heavy (non-hydrogen) atoms. The number of halogens is 3. The number of nitrogens with zero attached hydrogens (tertiary/aromatic N) is 4. The van der Waals surface area contributed by atoms with Crippen molar-refractivity contribution >= 4 is 15.7 Å². The van der Waals surface area contributed by atoms with E-state index in [9.17, 15) is 26.4 Å². The predicted octanol–water partition coefficient (Wildman–Crippen LogP) is 3.29. The summed E-state index contributed by atoms with van der Waals surface area (Å²) in [6.07, 6.45) is -4.24. The minimum atomic E-state index is -4.88. The molecule has 0 radical (unpaired) electrons. The van der Waals surface area contributed by atoms with E-state index in [1.807, 2.05) is 12.1 Å². The van der Waals surface area contributed by atoms with Gasteiger partial charge in [0.05, 0.1) is 59.6 Å². The number of fused-ring (bicyclic) bond motifs is 4. The van der Waals surface area contributed by atoms with Crippen LogP contribution in [0.5, 0.6) is 0 Å². The average Bonchev–Trinajstić information content (AvgIpc) is 3.66. The van der Waals surface area contributed by atoms with Gasteiger partial charge in [-0.05, 0) is 30.2 Å². The van der Waals surface area contributed by atoms with Crippen molar-refractivity contribution in [3.05, 3.63) is 64.8 Å². The molecule has 2 atom stereocenters. The summed E-state index contributed by atoms with van der Waals surface area (Å²) in [5.41, 5.74) is 0.445. The summed E-state index contributed by atoms with van der Waals surface area (Å²) in [4.78, 5) is 16.9. The zero-order valence-electron chi connectivity index (χ0n) is 21.9. The van der Waals surface area contributed by atoms with E-state index in [1.165, 1.54) is 16.8 Å². The number of rotatable bonds is 4. The molecule has 0 bridgehead atoms. The molecule has 7 rings (SSSR count). The normalized spacial score (nSPS) is 23.4. The Balaban J connectivity index is 1.36. The number of carbonyl (C=O) groups is 1. The van der Waals surface area contributed by atoms with Crippen molar-refractivity contribution in [2.45, 2.75) is 41.9 Å². The van der Waals surface area contributed by atoms with Crippen LogP contribution in [0.1, 0.15) is 33.6 Å². The number of carbonyl (C=O) groups excluding carboxylic acids is 1. The number of hydrogen-bond acceptors (Lipinski definition) is 7. The average molecular weight is 589 g/mol. The molecule has 13 heteroatoms. The number of alkyl halides is 3. The summed E-state index contributed by atoms with van der Waals surface area (Å²) in [6.45, 7) is 4.37. The van der Waals surface area contributed by atoms with Crippen molar-refractivity contribution < 1.29 is 35.9 Å². The lowest BCUT2D eigenvalue weighted by atomic mass is 10.0. The quantitative estimate of drug-likeness (QED) is 0.462. The van der Waals surface area contributed by atoms with Crippen LogP contribution in [0.15, 0.2) is 47.4 Å². The topological polar surface area (TPSA) is 94.0 Å². The molecule has 1 saturated carbocycles. The molecule has 0 N–H and O–H groups in total. The van der Waals surface area contributed by atoms with Gasteiger partial charge in [-0.3, -0.25) is 9.69 Å². The zero-order chi connectivity index (χ0) is 28.5. The number of aromatic nitrogens is 2. The van der Waals surface area contributed by atoms with Gasteiger partial charge in [-0.1, -0.05) is 24.3 Å². The summed E-state index contributed by atoms with van der Waals surface area (Å²) in [6, 6.07) is 10.6. The highest BCUT2D eigenvalue weighted by Gasteiger charge is 2.50. The molecule has 2 saturated heterocycles. The fourth-order valence-electron chi connectivity index (χ4n) is 6.05. The van der Waals surface area contributed by atoms with E-state index >= 15 is 0 Å². The molecule has 216 valence electrons. The highest BCUT2D eigenvalue weighted by molar-refractivity contribution is 7.91. The van der Waals surface area contributed by atoms with Crippen LogP contribution in [0.2, 0.25) is 0 Å². The standard InChI is InChI=1S/C28H27F3N4O5S/c29-28(30,31)21-3-1-2-19-25-20(16-41(37,38)26(19)21)24(27(36)34-10-13-40-23-14-22(23)34)32-35(25)18-6-4-17(5-7-18)15-33-8-11-39-12-9-33/h1-7,22-23H,8-16H2/t22-,23+/m1/s1. The maximum Gasteiger partial charge on any atom is 0.417 e. The van der Waals surface area contributed by atoms with E-state index in [-0.39, 0.29) is 34.7 Å². The molecule has 2 aromatic carbocycles. The van der Waals surface area contributed by atoms with Gasteiger partial charge in [0, 0.05) is 37.3 Å². The number of sulfone groups is 1. The third-order valence-corrected chi connectivity index (χ3v) is 9.85. The van der Waals surface area contributed by atoms with Crippen LogP contribution in [0.25, 0.3) is 16.9 Å². The Hall–Kier alpha value is -3.26. The zero-order valence-corrected chi connectivity index (χ0v) is 22.7. The van der Waals surface area contributed by atoms with Crippen molar-refractivity contribution in [3.8, 4) is 16.9 Å². The Kier molecular flexibility index (Phi) is 6.27. The summed E-state index contributed by atoms with van der Waals surface area (Å²) in [5, 5.41) is 4.60. The second-order valence-corrected chi connectivity index (χ2v) is 12.7. The van der Waals surface area contributed by atoms with Crippen molar-refractivity contribution in [3.63, 3.8) is 0 Å². The summed E-state index contributed by atoms with van der Waals surface area (Å²) >= 11 is 0. The Morgan fingerprint density at radius 3 is 2.51 bits per heavy atom. The monoisotopic (exact) mass is 588 g/mol. The number of ether oxygens (including phenoxy) is 2. The van der Waals surface area contributed by atoms with Gasteiger partial charge in [0.25, 0.3) is 5.91 Å². The maximum absolute atomic E-state index is 14.0. The second kappa shape index (κ2) is 9.65. The van der Waals surface area contributed by atoms with Gasteiger partial charge in [-0.25, -0.2) is 13.1 Å². The second-order valence-electron chi connectivity index (χ2n) is 10.8. The van der Waals surface area contributed by atoms with Gasteiger partial charge >= 0.3 is 6.18 Å². The first kappa shape index (κ1) is 26.6. The van der Waals surface area contributed by atoms with Crippen LogP contribution in [0.3, 0.4) is 0 Å². The molecular formula is C28H27F3N4O5S. The number of hydrogen-bond donors (Lipinski definition) is 0. The van der Waals surface area contributed by atoms with Gasteiger partial charge in [-0.15, -0.1) is 0 Å². The summed E-state index contributed by atoms with van der Waals surface area (Å²) < 4.78 is 81.3. The van der Waals surface area contributed by atoms with Crippen LogP contribution in [0, 0.1) is 0 Å². The first-order chi connectivity index (χ1) is 19.6. The lowest BCUT2D eigenvalue weighted by Gasteiger charge is -2.27. The molecule has 1 amide bonds. The molecule has 4 aliphatic rings. The Labute approximate surface area is 234 Å². The number of amides is 1. The van der Waals surface area contributed by atoms with E-state index < -0.39 is 38.1 Å². The Bertz CT molecular complexity index is 1630. The van der Waals surface area contributed by atoms with Crippen LogP contribution in [-0.4, -0.2) is 85.5 Å². The fraction of sp³-hybridized carbons (Fsp3) is 0.429. The number of morpholine rings is 2. The first-order valence-corrected chi connectivity index (χ1v) is 15.1. The smallest absolute Gasteiger partial charge is 0.379 e. The van der Waals surface area contributed by atoms with Gasteiger partial charge in [-0.2, -0.15) is 18.3 Å². The Morgan fingerprint density at radius 2 is 1.78 bits per heavy atom. The van der Waals surface area contributed by atoms with E-state index in [0.717, 1.165) is 24.7 Å². The lowest BCUT2D eigenvalue weighted by molar-refractivity contribution is -0.139. The predicted molar refractivity (Wildman–Crippen MR) is 140 cm³/mol. The molecule has 3 fully saturated rings. The minimum Gasteiger partial charge on any atom is -0.379 e. The highest BCUT2D eigenvalue weighted by atomic mass is 32.2. The summed E-state index contributed by atoms with van der Waals surface area (Å²) in [7, 11) is -4.44. The van der Waals surface area contributed by atoms with Crippen molar-refractivity contribution in [2.75, 3.05) is 39.5 Å². The molecule has 9 nitrogen and oxygen atoms in total. The largest absolute Gasteiger partial charge is 0.417 e. The maximum atomic E-state index is 14.0. The van der Waals surface area contributed by atoms with Gasteiger partial charge in [0.2, 0.25) is 0 Å².